The Balaban J connectivity index is 4.36. The summed E-state index contributed by atoms with van der Waals surface area (Å²) in [4.78, 5) is 11.2. The molecule has 0 amide bonds. The second-order valence-corrected chi connectivity index (χ2v) is 3.98. The van der Waals surface area contributed by atoms with Crippen molar-refractivity contribution in [1.82, 2.24) is 0 Å². The van der Waals surface area contributed by atoms with Gasteiger partial charge in [-0.2, -0.15) is 0 Å². The Kier molecular flexibility index (Phi) is 5.21. The van der Waals surface area contributed by atoms with Gasteiger partial charge in [0.1, 0.15) is 6.61 Å². The van der Waals surface area contributed by atoms with Crippen LogP contribution < -0.4 is 0 Å². The molecule has 80 valence electrons. The van der Waals surface area contributed by atoms with Crippen LogP contribution in [-0.2, 0) is 9.53 Å². The van der Waals surface area contributed by atoms with E-state index in [1.165, 1.54) is 0 Å². The summed E-state index contributed by atoms with van der Waals surface area (Å²) >= 11 is 0. The smallest absolute Gasteiger partial charge is 0.331 e. The van der Waals surface area contributed by atoms with Crippen molar-refractivity contribution in [1.29, 1.82) is 0 Å². The van der Waals surface area contributed by atoms with Crippen LogP contribution in [0.4, 0.5) is 0 Å². The molecule has 0 spiro atoms. The second kappa shape index (κ2) is 5.63. The Morgan fingerprint density at radius 2 is 2.07 bits per heavy atom. The quantitative estimate of drug-likeness (QED) is 0.383. The van der Waals surface area contributed by atoms with Crippen molar-refractivity contribution in [3.63, 3.8) is 0 Å². The molecule has 0 aliphatic carbocycles. The largest absolute Gasteiger partial charge is 0.458 e. The Morgan fingerprint density at radius 1 is 1.50 bits per heavy atom. The van der Waals surface area contributed by atoms with E-state index in [-0.39, 0.29) is 18.0 Å². The zero-order chi connectivity index (χ0) is 11.2. The van der Waals surface area contributed by atoms with Gasteiger partial charge >= 0.3 is 5.97 Å². The van der Waals surface area contributed by atoms with E-state index in [1.54, 1.807) is 12.2 Å². The predicted molar refractivity (Wildman–Crippen MR) is 59.0 cm³/mol. The number of hydrogen-bond acceptors (Lipinski definition) is 2. The number of rotatable bonds is 5. The Morgan fingerprint density at radius 3 is 2.50 bits per heavy atom. The summed E-state index contributed by atoms with van der Waals surface area (Å²) in [5.41, 5.74) is 1.11. The fraction of sp³-hybridized carbons (Fsp3) is 0.583. The predicted octanol–water partition coefficient (Wildman–Crippen LogP) is 3.10. The topological polar surface area (TPSA) is 26.3 Å². The van der Waals surface area contributed by atoms with Gasteiger partial charge in [-0.3, -0.25) is 0 Å². The zero-order valence-corrected chi connectivity index (χ0v) is 9.59. The fourth-order valence-corrected chi connectivity index (χ4v) is 0.834. The van der Waals surface area contributed by atoms with Crippen molar-refractivity contribution in [3.05, 3.63) is 24.3 Å². The van der Waals surface area contributed by atoms with Gasteiger partial charge in [-0.25, -0.2) is 4.79 Å². The van der Waals surface area contributed by atoms with Crippen molar-refractivity contribution in [2.45, 2.75) is 34.1 Å². The molecule has 0 aromatic heterocycles. The molecule has 0 radical (unpaired) electrons. The van der Waals surface area contributed by atoms with Crippen molar-refractivity contribution in [2.75, 3.05) is 6.61 Å². The third-order valence-corrected chi connectivity index (χ3v) is 2.63. The average Bonchev–Trinajstić information content (AvgIpc) is 2.14. The first kappa shape index (κ1) is 12.9. The molecule has 14 heavy (non-hydrogen) atoms. The maximum atomic E-state index is 11.2. The van der Waals surface area contributed by atoms with Crippen LogP contribution in [0, 0.1) is 5.41 Å². The first-order valence-corrected chi connectivity index (χ1v) is 4.90. The highest BCUT2D eigenvalue weighted by molar-refractivity contribution is 5.83. The first-order valence-electron chi connectivity index (χ1n) is 4.90. The number of ether oxygens (including phenoxy) is 1. The summed E-state index contributed by atoms with van der Waals surface area (Å²) in [5.74, 6) is -0.288. The van der Waals surface area contributed by atoms with Gasteiger partial charge in [0.05, 0.1) is 0 Å². The molecule has 0 fully saturated rings. The normalized spacial score (nSPS) is 12.4. The molecule has 0 aromatic rings. The van der Waals surface area contributed by atoms with Crippen molar-refractivity contribution in [3.8, 4) is 0 Å². The van der Waals surface area contributed by atoms with Crippen LogP contribution in [0.25, 0.3) is 0 Å². The number of hydrogen-bond donors (Lipinski definition) is 0. The molecular weight excluding hydrogens is 176 g/mol. The van der Waals surface area contributed by atoms with Crippen LogP contribution >= 0.6 is 0 Å². The van der Waals surface area contributed by atoms with Gasteiger partial charge in [0.25, 0.3) is 0 Å². The first-order chi connectivity index (χ1) is 6.44. The molecule has 0 aromatic carbocycles. The standard InChI is InChI=1S/C12H20O2/c1-6-8-14-11(13)9-10(3)12(4,5)7-2/h6,9H,1,7-8H2,2-5H3. The molecular formula is C12H20O2. The van der Waals surface area contributed by atoms with Crippen LogP contribution in [0.5, 0.6) is 0 Å². The minimum Gasteiger partial charge on any atom is -0.458 e. The average molecular weight is 196 g/mol. The molecule has 0 atom stereocenters. The maximum Gasteiger partial charge on any atom is 0.331 e. The van der Waals surface area contributed by atoms with Gasteiger partial charge in [-0.15, -0.1) is 0 Å². The lowest BCUT2D eigenvalue weighted by molar-refractivity contribution is -0.136. The minimum absolute atomic E-state index is 0.0627. The highest BCUT2D eigenvalue weighted by Gasteiger charge is 2.18. The van der Waals surface area contributed by atoms with Crippen LogP contribution in [0.2, 0.25) is 0 Å². The number of carbonyl (C=O) groups is 1. The van der Waals surface area contributed by atoms with E-state index >= 15 is 0 Å². The minimum atomic E-state index is -0.288. The summed E-state index contributed by atoms with van der Waals surface area (Å²) in [6.45, 7) is 12.0. The SMILES string of the molecule is C=CCOC(=O)C=C(C)C(C)(C)CC. The summed E-state index contributed by atoms with van der Waals surface area (Å²) < 4.78 is 4.87. The number of esters is 1. The monoisotopic (exact) mass is 196 g/mol. The van der Waals surface area contributed by atoms with Gasteiger partial charge in [0.15, 0.2) is 0 Å². The van der Waals surface area contributed by atoms with E-state index in [9.17, 15) is 4.79 Å². The molecule has 2 heteroatoms. The highest BCUT2D eigenvalue weighted by atomic mass is 16.5. The van der Waals surface area contributed by atoms with Crippen LogP contribution in [0.15, 0.2) is 24.3 Å². The van der Waals surface area contributed by atoms with E-state index in [4.69, 9.17) is 4.74 Å². The Hall–Kier alpha value is -1.05. The molecule has 0 unspecified atom stereocenters. The van der Waals surface area contributed by atoms with Gasteiger partial charge in [-0.1, -0.05) is 39.0 Å². The fourth-order valence-electron chi connectivity index (χ4n) is 0.834. The lowest BCUT2D eigenvalue weighted by Gasteiger charge is -2.23. The van der Waals surface area contributed by atoms with Crippen molar-refractivity contribution in [2.24, 2.45) is 5.41 Å². The van der Waals surface area contributed by atoms with Gasteiger partial charge in [0, 0.05) is 6.08 Å². The Labute approximate surface area is 86.6 Å². The molecule has 0 N–H and O–H groups in total. The molecule has 0 aliphatic rings. The second-order valence-electron chi connectivity index (χ2n) is 3.98. The maximum absolute atomic E-state index is 11.2. The third-order valence-electron chi connectivity index (χ3n) is 2.63. The number of carbonyl (C=O) groups excluding carboxylic acids is 1. The van der Waals surface area contributed by atoms with Gasteiger partial charge < -0.3 is 4.74 Å². The van der Waals surface area contributed by atoms with E-state index < -0.39 is 0 Å². The summed E-state index contributed by atoms with van der Waals surface area (Å²) in [6.07, 6.45) is 4.13. The lowest BCUT2D eigenvalue weighted by Crippen LogP contribution is -2.13. The molecule has 0 heterocycles. The van der Waals surface area contributed by atoms with Crippen molar-refractivity contribution >= 4 is 5.97 Å². The van der Waals surface area contributed by atoms with E-state index in [0.717, 1.165) is 12.0 Å². The number of allylic oxidation sites excluding steroid dienone is 1. The summed E-state index contributed by atoms with van der Waals surface area (Å²) in [7, 11) is 0. The lowest BCUT2D eigenvalue weighted by atomic mass is 9.82. The van der Waals surface area contributed by atoms with Crippen molar-refractivity contribution < 1.29 is 9.53 Å². The van der Waals surface area contributed by atoms with E-state index in [0.29, 0.717) is 0 Å². The molecule has 0 bridgehead atoms. The van der Waals surface area contributed by atoms with Crippen LogP contribution in [0.1, 0.15) is 34.1 Å². The summed E-state index contributed by atoms with van der Waals surface area (Å²) in [6, 6.07) is 0. The van der Waals surface area contributed by atoms with Crippen LogP contribution in [0.3, 0.4) is 0 Å². The van der Waals surface area contributed by atoms with E-state index in [2.05, 4.69) is 27.4 Å². The molecule has 0 aliphatic heterocycles. The van der Waals surface area contributed by atoms with Gasteiger partial charge in [0.2, 0.25) is 0 Å². The highest BCUT2D eigenvalue weighted by Crippen LogP contribution is 2.29. The molecule has 2 nitrogen and oxygen atoms in total. The van der Waals surface area contributed by atoms with Crippen LogP contribution in [-0.4, -0.2) is 12.6 Å². The molecule has 0 rings (SSSR count). The zero-order valence-electron chi connectivity index (χ0n) is 9.59. The third kappa shape index (κ3) is 4.26. The Bertz CT molecular complexity index is 237. The molecule has 0 saturated heterocycles. The van der Waals surface area contributed by atoms with E-state index in [1.807, 2.05) is 6.92 Å². The molecule has 0 saturated carbocycles. The van der Waals surface area contributed by atoms with Gasteiger partial charge in [-0.05, 0) is 18.8 Å². The summed E-state index contributed by atoms with van der Waals surface area (Å²) in [5, 5.41) is 0.